The van der Waals surface area contributed by atoms with Crippen molar-refractivity contribution in [2.24, 2.45) is 0 Å². The van der Waals surface area contributed by atoms with Crippen molar-refractivity contribution in [3.63, 3.8) is 0 Å². The number of rotatable bonds is 1. The number of imidazole rings is 1. The number of nitrogens with one attached hydrogen (secondary N) is 1. The molecular weight excluding hydrogens is 346 g/mol. The van der Waals surface area contributed by atoms with Crippen molar-refractivity contribution in [3.05, 3.63) is 56.8 Å². The first kappa shape index (κ1) is 13.5. The van der Waals surface area contributed by atoms with E-state index in [1.807, 2.05) is 25.1 Å². The summed E-state index contributed by atoms with van der Waals surface area (Å²) in [7, 11) is 0. The van der Waals surface area contributed by atoms with Gasteiger partial charge in [0, 0.05) is 4.47 Å². The Labute approximate surface area is 127 Å². The molecule has 0 atom stereocenters. The number of hydrogen-bond donors (Lipinski definition) is 1. The quantitative estimate of drug-likeness (QED) is 0.607. The molecule has 3 aromatic rings. The minimum atomic E-state index is -0.915. The maximum Gasteiger partial charge on any atom is 0.184 e. The van der Waals surface area contributed by atoms with Gasteiger partial charge >= 0.3 is 0 Å². The third-order valence-corrected chi connectivity index (χ3v) is 4.00. The Bertz CT molecular complexity index is 883. The van der Waals surface area contributed by atoms with Crippen LogP contribution in [0, 0.1) is 23.3 Å². The zero-order valence-corrected chi connectivity index (χ0v) is 12.8. The van der Waals surface area contributed by atoms with Gasteiger partial charge in [-0.3, -0.25) is 4.57 Å². The van der Waals surface area contributed by atoms with Crippen molar-refractivity contribution < 1.29 is 8.78 Å². The molecule has 0 fully saturated rings. The molecule has 0 radical (unpaired) electrons. The zero-order valence-electron chi connectivity index (χ0n) is 10.4. The molecule has 0 saturated heterocycles. The molecule has 0 aliphatic rings. The lowest BCUT2D eigenvalue weighted by Crippen LogP contribution is -1.98. The van der Waals surface area contributed by atoms with Gasteiger partial charge in [-0.1, -0.05) is 6.07 Å². The van der Waals surface area contributed by atoms with E-state index in [0.29, 0.717) is 16.0 Å². The fraction of sp³-hybridized carbons (Fsp3) is 0.0714. The third kappa shape index (κ3) is 1.99. The molecule has 0 bridgehead atoms. The van der Waals surface area contributed by atoms with E-state index in [4.69, 9.17) is 12.2 Å². The number of hydrogen-bond acceptors (Lipinski definition) is 1. The minimum absolute atomic E-state index is 0.111. The molecule has 0 aliphatic carbocycles. The molecule has 6 heteroatoms. The maximum atomic E-state index is 14.1. The number of fused-ring (bicyclic) bond motifs is 1. The van der Waals surface area contributed by atoms with Gasteiger partial charge in [0.05, 0.1) is 11.2 Å². The van der Waals surface area contributed by atoms with Crippen LogP contribution >= 0.6 is 28.1 Å². The molecule has 102 valence electrons. The van der Waals surface area contributed by atoms with Crippen LogP contribution < -0.4 is 0 Å². The van der Waals surface area contributed by atoms with Crippen molar-refractivity contribution in [1.82, 2.24) is 9.55 Å². The highest BCUT2D eigenvalue weighted by Gasteiger charge is 2.16. The minimum Gasteiger partial charge on any atom is -0.330 e. The number of aryl methyl sites for hydroxylation is 1. The highest BCUT2D eigenvalue weighted by atomic mass is 79.9. The molecular formula is C14H9BrF2N2S. The van der Waals surface area contributed by atoms with Gasteiger partial charge in [-0.25, -0.2) is 8.78 Å². The van der Waals surface area contributed by atoms with E-state index in [2.05, 4.69) is 20.9 Å². The number of H-pyrrole nitrogens is 1. The predicted molar refractivity (Wildman–Crippen MR) is 80.8 cm³/mol. The van der Waals surface area contributed by atoms with Gasteiger partial charge in [-0.15, -0.1) is 0 Å². The molecule has 1 aromatic heterocycles. The van der Waals surface area contributed by atoms with Gasteiger partial charge in [0.25, 0.3) is 0 Å². The first-order valence-electron chi connectivity index (χ1n) is 5.84. The lowest BCUT2D eigenvalue weighted by Gasteiger charge is -2.08. The predicted octanol–water partition coefficient (Wildman–Crippen LogP) is 5.04. The Morgan fingerprint density at radius 3 is 2.65 bits per heavy atom. The van der Waals surface area contributed by atoms with Crippen LogP contribution in [0.2, 0.25) is 0 Å². The Morgan fingerprint density at radius 2 is 1.95 bits per heavy atom. The molecule has 0 unspecified atom stereocenters. The summed E-state index contributed by atoms with van der Waals surface area (Å²) in [5.41, 5.74) is 2.29. The van der Waals surface area contributed by atoms with Gasteiger partial charge in [-0.05, 0) is 64.9 Å². The summed E-state index contributed by atoms with van der Waals surface area (Å²) in [6.45, 7) is 1.95. The summed E-state index contributed by atoms with van der Waals surface area (Å²) in [5, 5.41) is 0. The Hall–Kier alpha value is -1.53. The first-order chi connectivity index (χ1) is 9.49. The number of halogens is 3. The average Bonchev–Trinajstić information content (AvgIpc) is 2.72. The number of nitrogens with zero attached hydrogens (tertiary/aromatic N) is 1. The first-order valence-corrected chi connectivity index (χ1v) is 7.04. The summed E-state index contributed by atoms with van der Waals surface area (Å²) in [6.07, 6.45) is 0. The van der Waals surface area contributed by atoms with E-state index in [1.54, 1.807) is 0 Å². The summed E-state index contributed by atoms with van der Waals surface area (Å²) in [5.74, 6) is -1.81. The molecule has 2 nitrogen and oxygen atoms in total. The molecule has 0 spiro atoms. The highest BCUT2D eigenvalue weighted by Crippen LogP contribution is 2.28. The third-order valence-electron chi connectivity index (χ3n) is 3.08. The van der Waals surface area contributed by atoms with Crippen LogP contribution in [0.15, 0.2) is 34.8 Å². The van der Waals surface area contributed by atoms with Crippen molar-refractivity contribution in [2.75, 3.05) is 0 Å². The molecule has 3 rings (SSSR count). The fourth-order valence-corrected chi connectivity index (χ4v) is 3.13. The van der Waals surface area contributed by atoms with E-state index in [0.717, 1.165) is 16.1 Å². The second-order valence-corrected chi connectivity index (χ2v) is 5.72. The molecule has 20 heavy (non-hydrogen) atoms. The van der Waals surface area contributed by atoms with Crippen LogP contribution in [0.4, 0.5) is 8.78 Å². The van der Waals surface area contributed by atoms with Crippen LogP contribution in [0.3, 0.4) is 0 Å². The average molecular weight is 355 g/mol. The van der Waals surface area contributed by atoms with Crippen LogP contribution in [-0.2, 0) is 0 Å². The molecule has 2 aromatic carbocycles. The van der Waals surface area contributed by atoms with E-state index in [-0.39, 0.29) is 5.52 Å². The molecule has 0 saturated carbocycles. The lowest BCUT2D eigenvalue weighted by molar-refractivity contribution is 0.514. The van der Waals surface area contributed by atoms with Crippen molar-refractivity contribution in [1.29, 1.82) is 0 Å². The molecule has 0 aliphatic heterocycles. The Kier molecular flexibility index (Phi) is 3.22. The number of benzene rings is 2. The van der Waals surface area contributed by atoms with E-state index in [9.17, 15) is 8.78 Å². The Morgan fingerprint density at radius 1 is 1.20 bits per heavy atom. The molecule has 1 heterocycles. The number of aromatic amines is 1. The summed E-state index contributed by atoms with van der Waals surface area (Å²) in [6, 6.07) is 8.15. The molecule has 1 N–H and O–H groups in total. The fourth-order valence-electron chi connectivity index (χ4n) is 2.16. The maximum absolute atomic E-state index is 14.1. The standard InChI is InChI=1S/C14H9BrF2N2S/c1-7-2-5-11(8(15)6-7)19-13-10(18-14(19)20)4-3-9(16)12(13)17/h2-6H,1H3,(H,18,20). The second-order valence-electron chi connectivity index (χ2n) is 4.48. The van der Waals surface area contributed by atoms with Gasteiger partial charge in [0.1, 0.15) is 5.52 Å². The normalized spacial score (nSPS) is 11.2. The lowest BCUT2D eigenvalue weighted by atomic mass is 10.2. The highest BCUT2D eigenvalue weighted by molar-refractivity contribution is 9.10. The smallest absolute Gasteiger partial charge is 0.184 e. The van der Waals surface area contributed by atoms with Gasteiger partial charge in [-0.2, -0.15) is 0 Å². The summed E-state index contributed by atoms with van der Waals surface area (Å²) < 4.78 is 30.1. The van der Waals surface area contributed by atoms with Crippen molar-refractivity contribution >= 4 is 39.2 Å². The van der Waals surface area contributed by atoms with E-state index in [1.165, 1.54) is 10.6 Å². The van der Waals surface area contributed by atoms with Gasteiger partial charge < -0.3 is 4.98 Å². The zero-order chi connectivity index (χ0) is 14.4. The summed E-state index contributed by atoms with van der Waals surface area (Å²) in [4.78, 5) is 2.89. The van der Waals surface area contributed by atoms with E-state index >= 15 is 0 Å². The van der Waals surface area contributed by atoms with Crippen LogP contribution in [0.5, 0.6) is 0 Å². The van der Waals surface area contributed by atoms with Gasteiger partial charge in [0.15, 0.2) is 16.4 Å². The monoisotopic (exact) mass is 354 g/mol. The van der Waals surface area contributed by atoms with Crippen LogP contribution in [0.25, 0.3) is 16.7 Å². The SMILES string of the molecule is Cc1ccc(-n2c(=S)[nH]c3ccc(F)c(F)c32)c(Br)c1. The van der Waals surface area contributed by atoms with Gasteiger partial charge in [0.2, 0.25) is 0 Å². The second kappa shape index (κ2) is 4.79. The summed E-state index contributed by atoms with van der Waals surface area (Å²) >= 11 is 8.66. The van der Waals surface area contributed by atoms with Crippen molar-refractivity contribution in [2.45, 2.75) is 6.92 Å². The van der Waals surface area contributed by atoms with Crippen molar-refractivity contribution in [3.8, 4) is 5.69 Å². The topological polar surface area (TPSA) is 20.7 Å². The number of aromatic nitrogens is 2. The van der Waals surface area contributed by atoms with E-state index < -0.39 is 11.6 Å². The molecule has 0 amide bonds. The van der Waals surface area contributed by atoms with Crippen LogP contribution in [0.1, 0.15) is 5.56 Å². The van der Waals surface area contributed by atoms with Crippen LogP contribution in [-0.4, -0.2) is 9.55 Å². The Balaban J connectivity index is 2.44. The largest absolute Gasteiger partial charge is 0.330 e.